The van der Waals surface area contributed by atoms with Crippen LogP contribution in [0.5, 0.6) is 0 Å². The third-order valence-electron chi connectivity index (χ3n) is 5.56. The van der Waals surface area contributed by atoms with Crippen molar-refractivity contribution in [2.45, 2.75) is 79.1 Å². The van der Waals surface area contributed by atoms with Gasteiger partial charge in [-0.3, -0.25) is 0 Å². The zero-order chi connectivity index (χ0) is 21.9. The maximum atomic E-state index is 3.39. The third kappa shape index (κ3) is 5.50. The number of anilines is 2. The van der Waals surface area contributed by atoms with E-state index < -0.39 is 20.9 Å². The number of benzene rings is 2. The number of hydrogen-bond donors (Lipinski definition) is 2. The molecule has 0 radical (unpaired) electrons. The summed E-state index contributed by atoms with van der Waals surface area (Å²) >= 11 is -0.519. The van der Waals surface area contributed by atoms with E-state index in [-0.39, 0.29) is 0 Å². The Morgan fingerprint density at radius 1 is 0.517 bits per heavy atom. The van der Waals surface area contributed by atoms with E-state index in [2.05, 4.69) is 90.3 Å². The van der Waals surface area contributed by atoms with Crippen molar-refractivity contribution in [2.75, 3.05) is 24.7 Å². The first-order valence-corrected chi connectivity index (χ1v) is 13.3. The normalized spacial score (nSPS) is 11.8. The first-order chi connectivity index (χ1) is 13.6. The second-order valence-electron chi connectivity index (χ2n) is 9.19. The molecule has 2 aromatic rings. The maximum absolute atomic E-state index is 3.39. The van der Waals surface area contributed by atoms with Crippen molar-refractivity contribution < 1.29 is 0 Å². The summed E-state index contributed by atoms with van der Waals surface area (Å²) in [6, 6.07) is 9.57. The van der Waals surface area contributed by atoms with Gasteiger partial charge in [-0.05, 0) is 0 Å². The molecule has 2 rings (SSSR count). The Morgan fingerprint density at radius 2 is 0.759 bits per heavy atom. The Bertz CT molecular complexity index is 707. The summed E-state index contributed by atoms with van der Waals surface area (Å²) in [6.45, 7) is 18.7. The van der Waals surface area contributed by atoms with Crippen molar-refractivity contribution in [1.82, 2.24) is 0 Å². The average Bonchev–Trinajstić information content (AvgIpc) is 2.67. The predicted octanol–water partition coefficient (Wildman–Crippen LogP) is 5.92. The van der Waals surface area contributed by atoms with Gasteiger partial charge < -0.3 is 0 Å². The molecule has 2 aromatic carbocycles. The van der Waals surface area contributed by atoms with Gasteiger partial charge in [-0.25, -0.2) is 0 Å². The van der Waals surface area contributed by atoms with Crippen molar-refractivity contribution in [3.8, 4) is 0 Å². The van der Waals surface area contributed by atoms with E-state index in [9.17, 15) is 0 Å². The molecular weight excluding hydrogens is 468 g/mol. The summed E-state index contributed by atoms with van der Waals surface area (Å²) in [5.41, 5.74) is 8.62. The van der Waals surface area contributed by atoms with Crippen LogP contribution in [0.25, 0.3) is 0 Å². The van der Waals surface area contributed by atoms with Crippen molar-refractivity contribution in [3.05, 3.63) is 46.5 Å². The number of hydrogen-bond acceptors (Lipinski definition) is 2. The van der Waals surface area contributed by atoms with E-state index >= 15 is 0 Å². The molecule has 0 bridgehead atoms. The second kappa shape index (κ2) is 10.2. The molecule has 3 heteroatoms. The molecule has 0 saturated carbocycles. The monoisotopic (exact) mass is 510 g/mol. The Kier molecular flexibility index (Phi) is 8.50. The van der Waals surface area contributed by atoms with Crippen molar-refractivity contribution in [3.63, 3.8) is 0 Å². The molecule has 2 nitrogen and oxygen atoms in total. The number of rotatable bonds is 8. The van der Waals surface area contributed by atoms with Crippen molar-refractivity contribution in [2.24, 2.45) is 0 Å². The second-order valence-corrected chi connectivity index (χ2v) is 12.1. The van der Waals surface area contributed by atoms with Gasteiger partial charge >= 0.3 is 190 Å². The van der Waals surface area contributed by atoms with Gasteiger partial charge in [-0.15, -0.1) is 0 Å². The van der Waals surface area contributed by atoms with Crippen LogP contribution in [0, 0.1) is 0 Å². The van der Waals surface area contributed by atoms with Crippen LogP contribution in [-0.4, -0.2) is 35.0 Å². The van der Waals surface area contributed by atoms with E-state index in [1.54, 1.807) is 7.22 Å². The molecule has 0 amide bonds. The van der Waals surface area contributed by atoms with Gasteiger partial charge in [0.25, 0.3) is 0 Å². The Labute approximate surface area is 189 Å². The van der Waals surface area contributed by atoms with Crippen molar-refractivity contribution in [1.29, 1.82) is 0 Å². The molecule has 0 heterocycles. The van der Waals surface area contributed by atoms with Crippen LogP contribution in [0.4, 0.5) is 11.4 Å². The fourth-order valence-corrected chi connectivity index (χ4v) is 8.98. The van der Waals surface area contributed by atoms with Crippen LogP contribution in [-0.2, 0) is 0 Å². The molecule has 0 unspecified atom stereocenters. The molecular formula is C26H40N2Te. The molecule has 0 spiro atoms. The van der Waals surface area contributed by atoms with Gasteiger partial charge in [0.2, 0.25) is 0 Å². The zero-order valence-electron chi connectivity index (χ0n) is 20.0. The molecule has 0 fully saturated rings. The molecule has 0 aliphatic rings. The topological polar surface area (TPSA) is 24.1 Å². The Hall–Kier alpha value is -1.17. The predicted molar refractivity (Wildman–Crippen MR) is 133 cm³/mol. The molecule has 0 aliphatic carbocycles. The summed E-state index contributed by atoms with van der Waals surface area (Å²) in [5.74, 6) is 2.12. The summed E-state index contributed by atoms with van der Waals surface area (Å²) in [6.07, 6.45) is 0. The van der Waals surface area contributed by atoms with Gasteiger partial charge in [0.15, 0.2) is 0 Å². The van der Waals surface area contributed by atoms with Gasteiger partial charge in [0.05, 0.1) is 0 Å². The standard InChI is InChI=1S/C26H40N2Te/c1-15(2)21-11-19(27-9)12-22(16(3)4)25(21)29-26-23(17(5)6)13-20(28-10)14-24(26)18(7)8/h11-18,27-28H,1-10H3. The molecule has 0 atom stereocenters. The molecule has 29 heavy (non-hydrogen) atoms. The van der Waals surface area contributed by atoms with Crippen LogP contribution in [0.15, 0.2) is 24.3 Å². The summed E-state index contributed by atoms with van der Waals surface area (Å²) in [5, 5.41) is 6.78. The van der Waals surface area contributed by atoms with E-state index in [1.807, 2.05) is 14.1 Å². The summed E-state index contributed by atoms with van der Waals surface area (Å²) in [4.78, 5) is 0. The van der Waals surface area contributed by atoms with Crippen LogP contribution < -0.4 is 17.9 Å². The van der Waals surface area contributed by atoms with E-state index in [0.717, 1.165) is 0 Å². The molecule has 0 saturated heterocycles. The zero-order valence-corrected chi connectivity index (χ0v) is 22.4. The minimum absolute atomic E-state index is 0.519. The van der Waals surface area contributed by atoms with E-state index in [1.165, 1.54) is 33.6 Å². The van der Waals surface area contributed by atoms with Crippen molar-refractivity contribution >= 4 is 39.5 Å². The first kappa shape index (κ1) is 24.1. The van der Waals surface area contributed by atoms with E-state index in [0.29, 0.717) is 23.7 Å². The van der Waals surface area contributed by atoms with Crippen LogP contribution >= 0.6 is 0 Å². The molecule has 0 aliphatic heterocycles. The van der Waals surface area contributed by atoms with Gasteiger partial charge in [-0.1, -0.05) is 0 Å². The summed E-state index contributed by atoms with van der Waals surface area (Å²) < 4.78 is 3.31. The fourth-order valence-electron chi connectivity index (χ4n) is 3.69. The van der Waals surface area contributed by atoms with Gasteiger partial charge in [0.1, 0.15) is 0 Å². The quantitative estimate of drug-likeness (QED) is 0.433. The molecule has 0 aromatic heterocycles. The molecule has 2 N–H and O–H groups in total. The third-order valence-corrected chi connectivity index (χ3v) is 9.42. The minimum atomic E-state index is -0.519. The fraction of sp³-hybridized carbons (Fsp3) is 0.538. The summed E-state index contributed by atoms with van der Waals surface area (Å²) in [7, 11) is 4.06. The Morgan fingerprint density at radius 3 is 0.931 bits per heavy atom. The average molecular weight is 508 g/mol. The first-order valence-electron chi connectivity index (χ1n) is 11.0. The SMILES string of the molecule is CNc1cc(C(C)C)c([Te]c2c(C(C)C)cc(NC)cc2C(C)C)c(C(C)C)c1. The van der Waals surface area contributed by atoms with Gasteiger partial charge in [0, 0.05) is 0 Å². The van der Waals surface area contributed by atoms with Crippen LogP contribution in [0.1, 0.15) is 101 Å². The number of nitrogens with one attached hydrogen (secondary N) is 2. The van der Waals surface area contributed by atoms with Gasteiger partial charge in [-0.2, -0.15) is 0 Å². The Balaban J connectivity index is 2.79. The van der Waals surface area contributed by atoms with Crippen LogP contribution in [0.3, 0.4) is 0 Å². The molecule has 160 valence electrons. The van der Waals surface area contributed by atoms with Crippen LogP contribution in [0.2, 0.25) is 0 Å². The van der Waals surface area contributed by atoms with E-state index in [4.69, 9.17) is 0 Å².